The fraction of sp³-hybridized carbons (Fsp3) is 0.357. The normalized spacial score (nSPS) is 14.8. The van der Waals surface area contributed by atoms with Crippen molar-refractivity contribution in [1.82, 2.24) is 20.4 Å². The van der Waals surface area contributed by atoms with Crippen LogP contribution in [0, 0.1) is 11.7 Å². The minimum Gasteiger partial charge on any atom is -0.345 e. The third-order valence-electron chi connectivity index (χ3n) is 6.19. The summed E-state index contributed by atoms with van der Waals surface area (Å²) in [5.74, 6) is 0.108. The fourth-order valence-electron chi connectivity index (χ4n) is 4.43. The topological polar surface area (TPSA) is 59.0 Å². The molecule has 1 aliphatic rings. The molecule has 6 heteroatoms. The van der Waals surface area contributed by atoms with E-state index in [2.05, 4.69) is 53.8 Å². The zero-order valence-corrected chi connectivity index (χ0v) is 20.1. The SMILES string of the molecule is CC(C)Cn1cc(C(=O)N[C@H](C)c2ccc(C(=C3CCNCC3)c3ccc(F)cc3)cc2)cn1. The first-order chi connectivity index (χ1) is 16.4. The molecular formula is C28H33FN4O. The van der Waals surface area contributed by atoms with Gasteiger partial charge in [-0.05, 0) is 73.2 Å². The summed E-state index contributed by atoms with van der Waals surface area (Å²) in [5.41, 5.74) is 6.31. The molecule has 1 aromatic heterocycles. The van der Waals surface area contributed by atoms with Gasteiger partial charge in [-0.15, -0.1) is 0 Å². The quantitative estimate of drug-likeness (QED) is 0.499. The molecule has 3 aromatic rings. The van der Waals surface area contributed by atoms with Gasteiger partial charge in [0.05, 0.1) is 17.8 Å². The number of amides is 1. The highest BCUT2D eigenvalue weighted by molar-refractivity contribution is 5.94. The molecule has 4 rings (SSSR count). The number of rotatable bonds is 7. The number of benzene rings is 2. The average Bonchev–Trinajstić information content (AvgIpc) is 3.29. The van der Waals surface area contributed by atoms with Crippen molar-refractivity contribution in [2.45, 2.75) is 46.2 Å². The van der Waals surface area contributed by atoms with E-state index in [0.29, 0.717) is 11.5 Å². The van der Waals surface area contributed by atoms with E-state index >= 15 is 0 Å². The molecule has 0 radical (unpaired) electrons. The van der Waals surface area contributed by atoms with Crippen LogP contribution in [-0.2, 0) is 6.54 Å². The van der Waals surface area contributed by atoms with E-state index in [1.54, 1.807) is 12.4 Å². The molecule has 34 heavy (non-hydrogen) atoms. The monoisotopic (exact) mass is 460 g/mol. The van der Waals surface area contributed by atoms with E-state index in [-0.39, 0.29) is 17.8 Å². The van der Waals surface area contributed by atoms with Gasteiger partial charge < -0.3 is 10.6 Å². The predicted molar refractivity (Wildman–Crippen MR) is 134 cm³/mol. The Morgan fingerprint density at radius 1 is 1.00 bits per heavy atom. The summed E-state index contributed by atoms with van der Waals surface area (Å²) in [6.45, 7) is 8.92. The number of hydrogen-bond donors (Lipinski definition) is 2. The Morgan fingerprint density at radius 2 is 1.62 bits per heavy atom. The van der Waals surface area contributed by atoms with Crippen LogP contribution >= 0.6 is 0 Å². The van der Waals surface area contributed by atoms with Crippen molar-refractivity contribution in [2.75, 3.05) is 13.1 Å². The standard InChI is InChI=1S/C28H33FN4O/c1-19(2)17-33-18-25(16-31-33)28(34)32-20(3)21-4-6-22(7-5-21)27(24-12-14-30-15-13-24)23-8-10-26(29)11-9-23/h4-11,16,18-20,30H,12-15,17H2,1-3H3,(H,32,34)/t20-/m1/s1. The summed E-state index contributed by atoms with van der Waals surface area (Å²) in [7, 11) is 0. The smallest absolute Gasteiger partial charge is 0.254 e. The first-order valence-corrected chi connectivity index (χ1v) is 12.0. The Balaban J connectivity index is 1.52. The van der Waals surface area contributed by atoms with Crippen LogP contribution in [0.5, 0.6) is 0 Å². The number of aromatic nitrogens is 2. The van der Waals surface area contributed by atoms with Crippen LogP contribution in [0.2, 0.25) is 0 Å². The van der Waals surface area contributed by atoms with Crippen LogP contribution in [0.4, 0.5) is 4.39 Å². The molecule has 0 unspecified atom stereocenters. The van der Waals surface area contributed by atoms with Gasteiger partial charge in [0.2, 0.25) is 0 Å². The van der Waals surface area contributed by atoms with Gasteiger partial charge in [-0.1, -0.05) is 55.8 Å². The van der Waals surface area contributed by atoms with Crippen LogP contribution in [0.1, 0.15) is 66.7 Å². The summed E-state index contributed by atoms with van der Waals surface area (Å²) in [6, 6.07) is 14.9. The number of piperidine rings is 1. The van der Waals surface area contributed by atoms with E-state index in [0.717, 1.165) is 49.2 Å². The Bertz CT molecular complexity index is 1140. The summed E-state index contributed by atoms with van der Waals surface area (Å²) >= 11 is 0. The molecule has 1 aliphatic heterocycles. The number of hydrogen-bond acceptors (Lipinski definition) is 3. The van der Waals surface area contributed by atoms with Gasteiger partial charge in [0, 0.05) is 12.7 Å². The van der Waals surface area contributed by atoms with Gasteiger partial charge in [0.1, 0.15) is 5.82 Å². The maximum atomic E-state index is 13.6. The highest BCUT2D eigenvalue weighted by Crippen LogP contribution is 2.32. The van der Waals surface area contributed by atoms with E-state index in [1.807, 2.05) is 23.7 Å². The molecule has 0 spiro atoms. The van der Waals surface area contributed by atoms with Crippen LogP contribution in [0.3, 0.4) is 0 Å². The van der Waals surface area contributed by atoms with Gasteiger partial charge >= 0.3 is 0 Å². The Kier molecular flexibility index (Phi) is 7.58. The van der Waals surface area contributed by atoms with Gasteiger partial charge in [0.25, 0.3) is 5.91 Å². The second-order valence-electron chi connectivity index (χ2n) is 9.40. The van der Waals surface area contributed by atoms with E-state index in [4.69, 9.17) is 0 Å². The van der Waals surface area contributed by atoms with E-state index < -0.39 is 0 Å². The first-order valence-electron chi connectivity index (χ1n) is 12.0. The summed E-state index contributed by atoms with van der Waals surface area (Å²) < 4.78 is 15.4. The third-order valence-corrected chi connectivity index (χ3v) is 6.19. The minimum absolute atomic E-state index is 0.129. The maximum Gasteiger partial charge on any atom is 0.254 e. The van der Waals surface area contributed by atoms with E-state index in [1.165, 1.54) is 23.3 Å². The first kappa shape index (κ1) is 23.9. The summed E-state index contributed by atoms with van der Waals surface area (Å²) in [4.78, 5) is 12.7. The number of nitrogens with zero attached hydrogens (tertiary/aromatic N) is 2. The van der Waals surface area contributed by atoms with Gasteiger partial charge in [-0.25, -0.2) is 4.39 Å². The van der Waals surface area contributed by atoms with Crippen molar-refractivity contribution >= 4 is 11.5 Å². The van der Waals surface area contributed by atoms with Gasteiger partial charge in [0.15, 0.2) is 0 Å². The Labute approximate surface area is 201 Å². The number of nitrogens with one attached hydrogen (secondary N) is 2. The van der Waals surface area contributed by atoms with Crippen LogP contribution in [0.15, 0.2) is 66.5 Å². The second-order valence-corrected chi connectivity index (χ2v) is 9.40. The number of halogens is 1. The van der Waals surface area contributed by atoms with Gasteiger partial charge in [-0.2, -0.15) is 5.10 Å². The van der Waals surface area contributed by atoms with Gasteiger partial charge in [-0.3, -0.25) is 9.48 Å². The van der Waals surface area contributed by atoms with Crippen molar-refractivity contribution < 1.29 is 9.18 Å². The lowest BCUT2D eigenvalue weighted by molar-refractivity contribution is 0.0939. The molecular weight excluding hydrogens is 427 g/mol. The molecule has 1 amide bonds. The molecule has 1 saturated heterocycles. The molecule has 0 bridgehead atoms. The van der Waals surface area contributed by atoms with Crippen LogP contribution in [0.25, 0.3) is 5.57 Å². The lowest BCUT2D eigenvalue weighted by Gasteiger charge is -2.22. The average molecular weight is 461 g/mol. The number of carbonyl (C=O) groups is 1. The van der Waals surface area contributed by atoms with Crippen molar-refractivity contribution in [3.8, 4) is 0 Å². The predicted octanol–water partition coefficient (Wildman–Crippen LogP) is 5.35. The minimum atomic E-state index is -0.229. The van der Waals surface area contributed by atoms with Crippen molar-refractivity contribution in [3.63, 3.8) is 0 Å². The molecule has 1 atom stereocenters. The highest BCUT2D eigenvalue weighted by atomic mass is 19.1. The van der Waals surface area contributed by atoms with Crippen LogP contribution < -0.4 is 10.6 Å². The largest absolute Gasteiger partial charge is 0.345 e. The zero-order chi connectivity index (χ0) is 24.1. The molecule has 0 saturated carbocycles. The van der Waals surface area contributed by atoms with Crippen molar-refractivity contribution in [1.29, 1.82) is 0 Å². The molecule has 2 aromatic carbocycles. The molecule has 2 N–H and O–H groups in total. The Hall–Kier alpha value is -3.25. The van der Waals surface area contributed by atoms with E-state index in [9.17, 15) is 9.18 Å². The third kappa shape index (κ3) is 5.81. The van der Waals surface area contributed by atoms with Crippen molar-refractivity contribution in [2.24, 2.45) is 5.92 Å². The highest BCUT2D eigenvalue weighted by Gasteiger charge is 2.17. The maximum absolute atomic E-state index is 13.6. The fourth-order valence-corrected chi connectivity index (χ4v) is 4.43. The number of carbonyl (C=O) groups excluding carboxylic acids is 1. The molecule has 5 nitrogen and oxygen atoms in total. The molecule has 2 heterocycles. The lowest BCUT2D eigenvalue weighted by Crippen LogP contribution is -2.26. The molecule has 178 valence electrons. The zero-order valence-electron chi connectivity index (χ0n) is 20.1. The lowest BCUT2D eigenvalue weighted by atomic mass is 9.88. The summed E-state index contributed by atoms with van der Waals surface area (Å²) in [5, 5.41) is 10.8. The second kappa shape index (κ2) is 10.8. The van der Waals surface area contributed by atoms with Crippen LogP contribution in [-0.4, -0.2) is 28.8 Å². The summed E-state index contributed by atoms with van der Waals surface area (Å²) in [6.07, 6.45) is 5.37. The van der Waals surface area contributed by atoms with Crippen molar-refractivity contribution in [3.05, 3.63) is 94.6 Å². The Morgan fingerprint density at radius 3 is 2.24 bits per heavy atom. The molecule has 1 fully saturated rings. The molecule has 0 aliphatic carbocycles.